The molecule has 1 aromatic carbocycles. The number of nitrogens with zero attached hydrogens (tertiary/aromatic N) is 2. The summed E-state index contributed by atoms with van der Waals surface area (Å²) in [6.07, 6.45) is 0. The summed E-state index contributed by atoms with van der Waals surface area (Å²) in [6.45, 7) is 1.92. The van der Waals surface area contributed by atoms with Crippen LogP contribution in [0, 0.1) is 10.1 Å². The molecule has 138 valence electrons. The quantitative estimate of drug-likeness (QED) is 0.482. The van der Waals surface area contributed by atoms with Gasteiger partial charge in [-0.15, -0.1) is 22.7 Å². The first-order valence-corrected chi connectivity index (χ1v) is 9.47. The van der Waals surface area contributed by atoms with Crippen LogP contribution in [-0.2, 0) is 11.3 Å². The molecule has 0 radical (unpaired) electrons. The molecule has 0 unspecified atom stereocenters. The normalized spacial score (nSPS) is 10.4. The van der Waals surface area contributed by atoms with Crippen LogP contribution in [0.4, 0.5) is 10.8 Å². The number of rotatable bonds is 6. The fourth-order valence-electron chi connectivity index (χ4n) is 2.20. The van der Waals surface area contributed by atoms with E-state index in [4.69, 9.17) is 0 Å². The molecule has 2 amide bonds. The first-order chi connectivity index (χ1) is 12.9. The predicted molar refractivity (Wildman–Crippen MR) is 104 cm³/mol. The van der Waals surface area contributed by atoms with E-state index in [9.17, 15) is 19.7 Å². The Morgan fingerprint density at radius 3 is 2.81 bits per heavy atom. The van der Waals surface area contributed by atoms with Crippen LogP contribution in [0.15, 0.2) is 41.8 Å². The van der Waals surface area contributed by atoms with E-state index >= 15 is 0 Å². The second-order valence-corrected chi connectivity index (χ2v) is 7.50. The molecule has 0 aliphatic carbocycles. The number of anilines is 1. The number of nitro benzene ring substituents is 1. The molecular formula is C17H14N4O4S2. The van der Waals surface area contributed by atoms with Crippen LogP contribution in [0.5, 0.6) is 0 Å². The summed E-state index contributed by atoms with van der Waals surface area (Å²) in [7, 11) is 0. The van der Waals surface area contributed by atoms with Gasteiger partial charge in [-0.3, -0.25) is 25.0 Å². The van der Waals surface area contributed by atoms with Crippen LogP contribution in [0.2, 0.25) is 0 Å². The van der Waals surface area contributed by atoms with E-state index in [1.165, 1.54) is 53.9 Å². The lowest BCUT2D eigenvalue weighted by molar-refractivity contribution is -0.384. The molecular weight excluding hydrogens is 388 g/mol. The Morgan fingerprint density at radius 2 is 2.07 bits per heavy atom. The first kappa shape index (κ1) is 18.7. The van der Waals surface area contributed by atoms with E-state index < -0.39 is 10.8 Å². The van der Waals surface area contributed by atoms with Crippen molar-refractivity contribution in [2.45, 2.75) is 13.5 Å². The number of non-ortho nitro benzene ring substituents is 1. The van der Waals surface area contributed by atoms with E-state index in [0.717, 1.165) is 9.75 Å². The third-order valence-electron chi connectivity index (χ3n) is 3.47. The number of nitrogens with one attached hydrogen (secondary N) is 2. The molecule has 0 bridgehead atoms. The van der Waals surface area contributed by atoms with Crippen LogP contribution in [-0.4, -0.2) is 21.7 Å². The van der Waals surface area contributed by atoms with Gasteiger partial charge in [-0.1, -0.05) is 6.07 Å². The summed E-state index contributed by atoms with van der Waals surface area (Å²) in [6, 6.07) is 9.33. The van der Waals surface area contributed by atoms with Crippen LogP contribution < -0.4 is 10.6 Å². The number of thiophene rings is 1. The van der Waals surface area contributed by atoms with Crippen LogP contribution in [0.1, 0.15) is 22.2 Å². The Kier molecular flexibility index (Phi) is 5.57. The molecule has 0 saturated carbocycles. The Hall–Kier alpha value is -3.11. The highest BCUT2D eigenvalue weighted by Crippen LogP contribution is 2.31. The minimum absolute atomic E-state index is 0.0928. The molecule has 27 heavy (non-hydrogen) atoms. The molecule has 0 fully saturated rings. The molecule has 0 atom stereocenters. The van der Waals surface area contributed by atoms with Crippen molar-refractivity contribution in [1.82, 2.24) is 10.3 Å². The van der Waals surface area contributed by atoms with E-state index in [2.05, 4.69) is 15.6 Å². The molecule has 3 aromatic rings. The number of hydrogen-bond acceptors (Lipinski definition) is 7. The lowest BCUT2D eigenvalue weighted by Gasteiger charge is -2.01. The first-order valence-electron chi connectivity index (χ1n) is 7.77. The maximum absolute atomic E-state index is 12.3. The number of amides is 2. The standard InChI is InChI=1S/C17H14N4O4S2/c1-10(22)18-8-13-5-6-15(27-13)14-9-26-17(19-14)20-16(23)11-3-2-4-12(7-11)21(24)25/h2-7,9H,8H2,1H3,(H,18,22)(H,19,20,23). The van der Waals surface area contributed by atoms with Crippen molar-refractivity contribution in [3.63, 3.8) is 0 Å². The minimum Gasteiger partial charge on any atom is -0.351 e. The SMILES string of the molecule is CC(=O)NCc1ccc(-c2csc(NC(=O)c3cccc([N+](=O)[O-])c3)n2)s1. The zero-order valence-corrected chi connectivity index (χ0v) is 15.7. The monoisotopic (exact) mass is 402 g/mol. The summed E-state index contributed by atoms with van der Waals surface area (Å²) in [5.74, 6) is -0.554. The Bertz CT molecular complexity index is 1010. The van der Waals surface area contributed by atoms with Gasteiger partial charge >= 0.3 is 0 Å². The third kappa shape index (κ3) is 4.74. The zero-order valence-electron chi connectivity index (χ0n) is 14.1. The second-order valence-electron chi connectivity index (χ2n) is 5.48. The zero-order chi connectivity index (χ0) is 19.4. The van der Waals surface area contributed by atoms with Crippen molar-refractivity contribution in [2.24, 2.45) is 0 Å². The molecule has 0 aliphatic heterocycles. The van der Waals surface area contributed by atoms with Crippen LogP contribution in [0.25, 0.3) is 10.6 Å². The van der Waals surface area contributed by atoms with Gasteiger partial charge in [-0.05, 0) is 18.2 Å². The highest BCUT2D eigenvalue weighted by Gasteiger charge is 2.14. The van der Waals surface area contributed by atoms with Gasteiger partial charge in [0.15, 0.2) is 5.13 Å². The Balaban J connectivity index is 1.69. The average Bonchev–Trinajstić information content (AvgIpc) is 3.29. The number of carbonyl (C=O) groups is 2. The number of carbonyl (C=O) groups excluding carboxylic acids is 2. The van der Waals surface area contributed by atoms with Crippen molar-refractivity contribution in [3.8, 4) is 10.6 Å². The molecule has 8 nitrogen and oxygen atoms in total. The second kappa shape index (κ2) is 8.06. The minimum atomic E-state index is -0.548. The molecule has 2 aromatic heterocycles. The van der Waals surface area contributed by atoms with E-state index in [1.54, 1.807) is 0 Å². The molecule has 0 spiro atoms. The Morgan fingerprint density at radius 1 is 1.26 bits per heavy atom. The average molecular weight is 402 g/mol. The van der Waals surface area contributed by atoms with Gasteiger partial charge in [0.1, 0.15) is 0 Å². The summed E-state index contributed by atoms with van der Waals surface area (Å²) < 4.78 is 0. The summed E-state index contributed by atoms with van der Waals surface area (Å²) in [5, 5.41) is 18.4. The third-order valence-corrected chi connectivity index (χ3v) is 5.33. The largest absolute Gasteiger partial charge is 0.351 e. The van der Waals surface area contributed by atoms with Gasteiger partial charge in [0.25, 0.3) is 11.6 Å². The number of nitro groups is 1. The molecule has 2 heterocycles. The van der Waals surface area contributed by atoms with Gasteiger partial charge in [-0.25, -0.2) is 4.98 Å². The summed E-state index contributed by atoms with van der Waals surface area (Å²) >= 11 is 2.77. The Labute approximate surface area is 162 Å². The van der Waals surface area contributed by atoms with Crippen molar-refractivity contribution >= 4 is 45.3 Å². The van der Waals surface area contributed by atoms with E-state index in [0.29, 0.717) is 17.4 Å². The molecule has 2 N–H and O–H groups in total. The maximum atomic E-state index is 12.3. The number of benzene rings is 1. The van der Waals surface area contributed by atoms with Gasteiger partial charge in [0.2, 0.25) is 5.91 Å². The summed E-state index contributed by atoms with van der Waals surface area (Å²) in [5.41, 5.74) is 0.760. The van der Waals surface area contributed by atoms with Gasteiger partial charge < -0.3 is 5.32 Å². The highest BCUT2D eigenvalue weighted by molar-refractivity contribution is 7.17. The topological polar surface area (TPSA) is 114 Å². The lowest BCUT2D eigenvalue weighted by Crippen LogP contribution is -2.17. The van der Waals surface area contributed by atoms with Crippen molar-refractivity contribution < 1.29 is 14.5 Å². The molecule has 0 aliphatic rings. The lowest BCUT2D eigenvalue weighted by atomic mass is 10.2. The smallest absolute Gasteiger partial charge is 0.270 e. The maximum Gasteiger partial charge on any atom is 0.270 e. The van der Waals surface area contributed by atoms with Crippen LogP contribution >= 0.6 is 22.7 Å². The molecule has 3 rings (SSSR count). The van der Waals surface area contributed by atoms with Crippen molar-refractivity contribution in [1.29, 1.82) is 0 Å². The van der Waals surface area contributed by atoms with Crippen molar-refractivity contribution in [2.75, 3.05) is 5.32 Å². The van der Waals surface area contributed by atoms with Gasteiger partial charge in [-0.2, -0.15) is 0 Å². The number of hydrogen-bond donors (Lipinski definition) is 2. The van der Waals surface area contributed by atoms with E-state index in [-0.39, 0.29) is 17.2 Å². The molecule has 10 heteroatoms. The number of thiazole rings is 1. The predicted octanol–water partition coefficient (Wildman–Crippen LogP) is 3.67. The highest BCUT2D eigenvalue weighted by atomic mass is 32.1. The van der Waals surface area contributed by atoms with E-state index in [1.807, 2.05) is 17.5 Å². The van der Waals surface area contributed by atoms with Crippen molar-refractivity contribution in [3.05, 3.63) is 62.3 Å². The fraction of sp³-hybridized carbons (Fsp3) is 0.118. The molecule has 0 saturated heterocycles. The van der Waals surface area contributed by atoms with Gasteiger partial charge in [0, 0.05) is 34.9 Å². The fourth-order valence-corrected chi connectivity index (χ4v) is 3.88. The summed E-state index contributed by atoms with van der Waals surface area (Å²) in [4.78, 5) is 39.8. The number of aromatic nitrogens is 1. The van der Waals surface area contributed by atoms with Gasteiger partial charge in [0.05, 0.1) is 22.0 Å². The van der Waals surface area contributed by atoms with Crippen LogP contribution in [0.3, 0.4) is 0 Å².